The number of ether oxygens (including phenoxy) is 1. The summed E-state index contributed by atoms with van der Waals surface area (Å²) in [7, 11) is 0. The van der Waals surface area contributed by atoms with Gasteiger partial charge in [0.05, 0.1) is 37.2 Å². The maximum Gasteiger partial charge on any atom is 0.254 e. The highest BCUT2D eigenvalue weighted by Crippen LogP contribution is 2.23. The molecule has 1 aliphatic heterocycles. The van der Waals surface area contributed by atoms with Crippen molar-refractivity contribution >= 4 is 11.6 Å². The summed E-state index contributed by atoms with van der Waals surface area (Å²) in [4.78, 5) is 25.4. The van der Waals surface area contributed by atoms with E-state index in [4.69, 9.17) is 16.3 Å². The van der Waals surface area contributed by atoms with E-state index in [1.54, 1.807) is 35.0 Å². The number of nitrogens with zero attached hydrogens (tertiary/aromatic N) is 4. The molecule has 1 atom stereocenters. The Bertz CT molecular complexity index is 1040. The zero-order valence-corrected chi connectivity index (χ0v) is 15.6. The van der Waals surface area contributed by atoms with E-state index in [1.165, 1.54) is 12.4 Å². The molecule has 1 unspecified atom stereocenters. The molecule has 0 saturated heterocycles. The first-order valence-corrected chi connectivity index (χ1v) is 9.16. The van der Waals surface area contributed by atoms with Crippen LogP contribution in [0.5, 0.6) is 5.75 Å². The zero-order chi connectivity index (χ0) is 19.5. The Morgan fingerprint density at radius 1 is 1.29 bits per heavy atom. The van der Waals surface area contributed by atoms with Crippen molar-refractivity contribution in [3.8, 4) is 17.1 Å². The number of hydrogen-bond acceptors (Lipinski definition) is 7. The molecule has 0 aliphatic carbocycles. The number of aromatic hydroxyl groups is 1. The first kappa shape index (κ1) is 18.5. The Kier molecular flexibility index (Phi) is 5.34. The van der Waals surface area contributed by atoms with E-state index in [0.717, 1.165) is 0 Å². The molecule has 144 valence electrons. The number of rotatable bonds is 4. The smallest absolute Gasteiger partial charge is 0.254 e. The summed E-state index contributed by atoms with van der Waals surface area (Å²) >= 11 is 6.02. The van der Waals surface area contributed by atoms with Crippen LogP contribution in [-0.2, 0) is 17.8 Å². The van der Waals surface area contributed by atoms with Gasteiger partial charge in [0.2, 0.25) is 0 Å². The van der Waals surface area contributed by atoms with E-state index in [2.05, 4.69) is 20.3 Å². The van der Waals surface area contributed by atoms with Crippen LogP contribution in [0, 0.1) is 0 Å². The highest BCUT2D eigenvalue weighted by atomic mass is 35.5. The lowest BCUT2D eigenvalue weighted by molar-refractivity contribution is 0.117. The van der Waals surface area contributed by atoms with Crippen molar-refractivity contribution in [1.82, 2.24) is 24.8 Å². The first-order chi connectivity index (χ1) is 13.6. The molecular formula is C19H18ClN5O3. The molecule has 3 heterocycles. The molecule has 28 heavy (non-hydrogen) atoms. The Morgan fingerprint density at radius 3 is 3.00 bits per heavy atom. The summed E-state index contributed by atoms with van der Waals surface area (Å²) in [6, 6.07) is 7.71. The number of benzene rings is 1. The van der Waals surface area contributed by atoms with Crippen LogP contribution in [0.4, 0.5) is 0 Å². The summed E-state index contributed by atoms with van der Waals surface area (Å²) in [5, 5.41) is 13.9. The van der Waals surface area contributed by atoms with Gasteiger partial charge in [0.15, 0.2) is 0 Å². The Balaban J connectivity index is 1.68. The maximum atomic E-state index is 12.7. The van der Waals surface area contributed by atoms with Gasteiger partial charge >= 0.3 is 0 Å². The van der Waals surface area contributed by atoms with Crippen molar-refractivity contribution in [1.29, 1.82) is 0 Å². The molecule has 2 N–H and O–H groups in total. The average molecular weight is 400 g/mol. The van der Waals surface area contributed by atoms with E-state index in [9.17, 15) is 9.90 Å². The third-order valence-corrected chi connectivity index (χ3v) is 4.75. The Labute approximate surface area is 165 Å². The fraction of sp³-hybridized carbons (Fsp3) is 0.263. The fourth-order valence-corrected chi connectivity index (χ4v) is 3.29. The van der Waals surface area contributed by atoms with Gasteiger partial charge in [-0.05, 0) is 24.3 Å². The summed E-state index contributed by atoms with van der Waals surface area (Å²) in [6.07, 6.45) is 3.02. The van der Waals surface area contributed by atoms with Crippen LogP contribution < -0.4 is 10.9 Å². The van der Waals surface area contributed by atoms with Crippen molar-refractivity contribution in [3.05, 3.63) is 69.6 Å². The zero-order valence-electron chi connectivity index (χ0n) is 14.9. The normalized spacial score (nSPS) is 16.4. The molecular weight excluding hydrogens is 382 g/mol. The SMILES string of the molecule is O=c1cc(-c2ccncn2)nc2n1CCOCC2NCc1cc(Cl)ccc1O. The number of phenols is 1. The first-order valence-electron chi connectivity index (χ1n) is 8.78. The Morgan fingerprint density at radius 2 is 2.18 bits per heavy atom. The fourth-order valence-electron chi connectivity index (χ4n) is 3.10. The molecule has 0 fully saturated rings. The van der Waals surface area contributed by atoms with Crippen LogP contribution in [-0.4, -0.2) is 37.8 Å². The van der Waals surface area contributed by atoms with Gasteiger partial charge in [-0.25, -0.2) is 15.0 Å². The molecule has 0 spiro atoms. The second kappa shape index (κ2) is 8.05. The van der Waals surface area contributed by atoms with E-state index >= 15 is 0 Å². The van der Waals surface area contributed by atoms with Crippen molar-refractivity contribution in [2.45, 2.75) is 19.1 Å². The number of aromatic nitrogens is 4. The predicted octanol–water partition coefficient (Wildman–Crippen LogP) is 1.92. The number of fused-ring (bicyclic) bond motifs is 1. The van der Waals surface area contributed by atoms with Crippen LogP contribution >= 0.6 is 11.6 Å². The summed E-state index contributed by atoms with van der Waals surface area (Å²) in [5.74, 6) is 0.714. The minimum atomic E-state index is -0.338. The largest absolute Gasteiger partial charge is 0.508 e. The third kappa shape index (κ3) is 3.89. The highest BCUT2D eigenvalue weighted by molar-refractivity contribution is 6.30. The van der Waals surface area contributed by atoms with Crippen LogP contribution in [0.2, 0.25) is 5.02 Å². The Hall–Kier alpha value is -2.81. The van der Waals surface area contributed by atoms with Crippen molar-refractivity contribution in [2.24, 2.45) is 0 Å². The second-order valence-corrected chi connectivity index (χ2v) is 6.80. The van der Waals surface area contributed by atoms with E-state index < -0.39 is 0 Å². The van der Waals surface area contributed by atoms with Gasteiger partial charge in [0.1, 0.15) is 17.9 Å². The third-order valence-electron chi connectivity index (χ3n) is 4.52. The number of nitrogens with one attached hydrogen (secondary N) is 1. The lowest BCUT2D eigenvalue weighted by Crippen LogP contribution is -2.32. The van der Waals surface area contributed by atoms with Gasteiger partial charge in [-0.1, -0.05) is 11.6 Å². The molecule has 2 aromatic heterocycles. The predicted molar refractivity (Wildman–Crippen MR) is 103 cm³/mol. The van der Waals surface area contributed by atoms with Gasteiger partial charge in [-0.15, -0.1) is 0 Å². The maximum absolute atomic E-state index is 12.7. The highest BCUT2D eigenvalue weighted by Gasteiger charge is 2.23. The molecule has 0 bridgehead atoms. The van der Waals surface area contributed by atoms with Gasteiger partial charge in [0.25, 0.3) is 5.56 Å². The molecule has 8 nitrogen and oxygen atoms in total. The van der Waals surface area contributed by atoms with Crippen molar-refractivity contribution < 1.29 is 9.84 Å². The van der Waals surface area contributed by atoms with Crippen molar-refractivity contribution in [2.75, 3.05) is 13.2 Å². The van der Waals surface area contributed by atoms with E-state index in [1.807, 2.05) is 0 Å². The average Bonchev–Trinajstić information content (AvgIpc) is 2.92. The number of halogens is 1. The minimum Gasteiger partial charge on any atom is -0.508 e. The van der Waals surface area contributed by atoms with E-state index in [0.29, 0.717) is 54.1 Å². The molecule has 4 rings (SSSR count). The lowest BCUT2D eigenvalue weighted by Gasteiger charge is -2.19. The topological polar surface area (TPSA) is 102 Å². The molecule has 1 aliphatic rings. The molecule has 0 radical (unpaired) electrons. The van der Waals surface area contributed by atoms with Crippen LogP contribution in [0.1, 0.15) is 17.4 Å². The summed E-state index contributed by atoms with van der Waals surface area (Å²) in [5.41, 5.74) is 1.55. The molecule has 0 saturated carbocycles. The van der Waals surface area contributed by atoms with E-state index in [-0.39, 0.29) is 17.4 Å². The quantitative estimate of drug-likeness (QED) is 0.690. The minimum absolute atomic E-state index is 0.145. The second-order valence-electron chi connectivity index (χ2n) is 6.37. The standard InChI is InChI=1S/C19H18ClN5O3/c20-13-1-2-17(26)12(7-13)9-22-16-10-28-6-5-25-18(27)8-15(24-19(16)25)14-3-4-21-11-23-14/h1-4,7-8,11,16,22,26H,5-6,9-10H2. The lowest BCUT2D eigenvalue weighted by atomic mass is 10.1. The number of hydrogen-bond donors (Lipinski definition) is 2. The molecule has 1 aromatic carbocycles. The number of phenolic OH excluding ortho intramolecular Hbond substituents is 1. The summed E-state index contributed by atoms with van der Waals surface area (Å²) in [6.45, 7) is 1.53. The van der Waals surface area contributed by atoms with Crippen LogP contribution in [0.25, 0.3) is 11.4 Å². The molecule has 3 aromatic rings. The van der Waals surface area contributed by atoms with Crippen molar-refractivity contribution in [3.63, 3.8) is 0 Å². The monoisotopic (exact) mass is 399 g/mol. The van der Waals surface area contributed by atoms with Crippen LogP contribution in [0.15, 0.2) is 47.7 Å². The van der Waals surface area contributed by atoms with Gasteiger partial charge in [-0.3, -0.25) is 9.36 Å². The summed E-state index contributed by atoms with van der Waals surface area (Å²) < 4.78 is 7.26. The van der Waals surface area contributed by atoms with Crippen LogP contribution in [0.3, 0.4) is 0 Å². The molecule has 0 amide bonds. The van der Waals surface area contributed by atoms with Gasteiger partial charge in [-0.2, -0.15) is 0 Å². The molecule has 9 heteroatoms. The van der Waals surface area contributed by atoms with Gasteiger partial charge < -0.3 is 15.2 Å². The van der Waals surface area contributed by atoms with Gasteiger partial charge in [0, 0.05) is 29.4 Å².